The Balaban J connectivity index is 1.75. The second-order valence-corrected chi connectivity index (χ2v) is 12.5. The zero-order chi connectivity index (χ0) is 13.2. The SMILES string of the molecule is C[Si](C)(C)CCOC(=O)C1CC2CCCN(C2)N1. The Morgan fingerprint density at radius 2 is 2.22 bits per heavy atom. The Morgan fingerprint density at radius 1 is 1.44 bits per heavy atom. The Bertz CT molecular complexity index is 292. The van der Waals surface area contributed by atoms with Crippen molar-refractivity contribution in [2.45, 2.75) is 51.0 Å². The second-order valence-electron chi connectivity index (χ2n) is 6.85. The van der Waals surface area contributed by atoms with Crippen LogP contribution in [0, 0.1) is 5.92 Å². The van der Waals surface area contributed by atoms with Crippen molar-refractivity contribution in [3.05, 3.63) is 0 Å². The number of hydrogen-bond donors (Lipinski definition) is 1. The molecule has 3 unspecified atom stereocenters. The molecule has 5 heteroatoms. The molecule has 0 aromatic heterocycles. The minimum Gasteiger partial charge on any atom is -0.465 e. The third-order valence-electron chi connectivity index (χ3n) is 3.81. The molecule has 0 saturated carbocycles. The minimum atomic E-state index is -1.10. The molecule has 2 aliphatic heterocycles. The maximum atomic E-state index is 12.0. The van der Waals surface area contributed by atoms with Crippen LogP contribution in [0.25, 0.3) is 0 Å². The lowest BCUT2D eigenvalue weighted by Gasteiger charge is -2.41. The number of fused-ring (bicyclic) bond motifs is 2. The van der Waals surface area contributed by atoms with Crippen molar-refractivity contribution in [1.82, 2.24) is 10.4 Å². The van der Waals surface area contributed by atoms with E-state index in [1.165, 1.54) is 12.8 Å². The number of piperidine rings is 1. The van der Waals surface area contributed by atoms with Gasteiger partial charge in [0.1, 0.15) is 6.04 Å². The second kappa shape index (κ2) is 5.71. The lowest BCUT2D eigenvalue weighted by Crippen LogP contribution is -2.58. The van der Waals surface area contributed by atoms with Gasteiger partial charge >= 0.3 is 5.97 Å². The Hall–Kier alpha value is -0.393. The molecule has 2 fully saturated rings. The van der Waals surface area contributed by atoms with Crippen LogP contribution >= 0.6 is 0 Å². The first-order valence-electron chi connectivity index (χ1n) is 7.12. The summed E-state index contributed by atoms with van der Waals surface area (Å²) in [4.78, 5) is 12.0. The highest BCUT2D eigenvalue weighted by molar-refractivity contribution is 6.76. The molecule has 1 N–H and O–H groups in total. The van der Waals surface area contributed by atoms with Gasteiger partial charge in [0.15, 0.2) is 0 Å². The van der Waals surface area contributed by atoms with Gasteiger partial charge in [-0.15, -0.1) is 0 Å². The highest BCUT2D eigenvalue weighted by Crippen LogP contribution is 2.25. The first-order chi connectivity index (χ1) is 8.44. The summed E-state index contributed by atoms with van der Waals surface area (Å²) in [6.45, 7) is 9.66. The van der Waals surface area contributed by atoms with Crippen molar-refractivity contribution < 1.29 is 9.53 Å². The number of carbonyl (C=O) groups is 1. The van der Waals surface area contributed by atoms with Crippen LogP contribution < -0.4 is 5.43 Å². The van der Waals surface area contributed by atoms with E-state index in [2.05, 4.69) is 30.1 Å². The summed E-state index contributed by atoms with van der Waals surface area (Å²) >= 11 is 0. The molecular formula is C13H26N2O2Si. The molecule has 2 heterocycles. The Labute approximate surface area is 111 Å². The van der Waals surface area contributed by atoms with E-state index in [4.69, 9.17) is 4.74 Å². The van der Waals surface area contributed by atoms with E-state index in [0.717, 1.165) is 25.6 Å². The van der Waals surface area contributed by atoms with Crippen LogP contribution in [-0.4, -0.2) is 44.8 Å². The number of nitrogens with zero attached hydrogens (tertiary/aromatic N) is 1. The average Bonchev–Trinajstić information content (AvgIpc) is 2.26. The summed E-state index contributed by atoms with van der Waals surface area (Å²) in [5, 5.41) is 2.20. The van der Waals surface area contributed by atoms with Gasteiger partial charge < -0.3 is 4.74 Å². The van der Waals surface area contributed by atoms with Crippen LogP contribution in [0.1, 0.15) is 19.3 Å². The van der Waals surface area contributed by atoms with E-state index in [9.17, 15) is 4.79 Å². The zero-order valence-electron chi connectivity index (χ0n) is 11.9. The largest absolute Gasteiger partial charge is 0.465 e. The van der Waals surface area contributed by atoms with Gasteiger partial charge in [0, 0.05) is 21.2 Å². The number of rotatable bonds is 4. The molecule has 3 atom stereocenters. The number of esters is 1. The zero-order valence-corrected chi connectivity index (χ0v) is 12.9. The fraction of sp³-hybridized carbons (Fsp3) is 0.923. The molecule has 0 aromatic rings. The highest BCUT2D eigenvalue weighted by atomic mass is 28.3. The molecule has 2 bridgehead atoms. The summed E-state index contributed by atoms with van der Waals surface area (Å²) in [6, 6.07) is 0.948. The number of carbonyl (C=O) groups excluding carboxylic acids is 1. The highest BCUT2D eigenvalue weighted by Gasteiger charge is 2.34. The van der Waals surface area contributed by atoms with Gasteiger partial charge in [-0.25, -0.2) is 10.4 Å². The number of hydrogen-bond acceptors (Lipinski definition) is 4. The van der Waals surface area contributed by atoms with Crippen LogP contribution in [-0.2, 0) is 9.53 Å². The maximum Gasteiger partial charge on any atom is 0.324 e. The first kappa shape index (κ1) is 14.0. The average molecular weight is 270 g/mol. The number of hydrazine groups is 1. The molecule has 0 spiro atoms. The summed E-state index contributed by atoms with van der Waals surface area (Å²) in [5.41, 5.74) is 3.30. The summed E-state index contributed by atoms with van der Waals surface area (Å²) in [7, 11) is -1.10. The van der Waals surface area contributed by atoms with Crippen LogP contribution in [0.5, 0.6) is 0 Å². The molecular weight excluding hydrogens is 244 g/mol. The fourth-order valence-corrected chi connectivity index (χ4v) is 3.40. The van der Waals surface area contributed by atoms with Crippen LogP contribution in [0.4, 0.5) is 0 Å². The first-order valence-corrected chi connectivity index (χ1v) is 10.8. The summed E-state index contributed by atoms with van der Waals surface area (Å²) in [5.74, 6) is 0.624. The Kier molecular flexibility index (Phi) is 4.45. The maximum absolute atomic E-state index is 12.0. The van der Waals surface area contributed by atoms with E-state index < -0.39 is 8.07 Å². The van der Waals surface area contributed by atoms with Gasteiger partial charge in [0.05, 0.1) is 6.61 Å². The number of nitrogens with one attached hydrogen (secondary N) is 1. The smallest absolute Gasteiger partial charge is 0.324 e. The van der Waals surface area contributed by atoms with Gasteiger partial charge in [0.25, 0.3) is 0 Å². The third-order valence-corrected chi connectivity index (χ3v) is 5.51. The van der Waals surface area contributed by atoms with Crippen molar-refractivity contribution in [1.29, 1.82) is 0 Å². The van der Waals surface area contributed by atoms with Crippen molar-refractivity contribution in [3.63, 3.8) is 0 Å². The van der Waals surface area contributed by atoms with Crippen LogP contribution in [0.3, 0.4) is 0 Å². The van der Waals surface area contributed by atoms with E-state index in [-0.39, 0.29) is 12.0 Å². The summed E-state index contributed by atoms with van der Waals surface area (Å²) < 4.78 is 5.43. The van der Waals surface area contributed by atoms with Crippen molar-refractivity contribution in [2.24, 2.45) is 5.92 Å². The molecule has 2 rings (SSSR count). The van der Waals surface area contributed by atoms with Crippen molar-refractivity contribution >= 4 is 14.0 Å². The standard InChI is InChI=1S/C13H26N2O2Si/c1-18(2,3)8-7-17-13(16)12-9-11-5-4-6-15(10-11)14-12/h11-12,14H,4-10H2,1-3H3. The topological polar surface area (TPSA) is 41.6 Å². The molecule has 0 radical (unpaired) electrons. The molecule has 4 nitrogen and oxygen atoms in total. The monoisotopic (exact) mass is 270 g/mol. The molecule has 104 valence electrons. The molecule has 0 aliphatic carbocycles. The minimum absolute atomic E-state index is 0.0511. The van der Waals surface area contributed by atoms with E-state index in [1.54, 1.807) is 0 Å². The van der Waals surface area contributed by atoms with Crippen LogP contribution in [0.15, 0.2) is 0 Å². The lowest BCUT2D eigenvalue weighted by atomic mass is 9.90. The molecule has 18 heavy (non-hydrogen) atoms. The normalized spacial score (nSPS) is 32.1. The van der Waals surface area contributed by atoms with E-state index in [1.807, 2.05) is 0 Å². The molecule has 0 amide bonds. The molecule has 2 aliphatic rings. The predicted octanol–water partition coefficient (Wildman–Crippen LogP) is 1.86. The van der Waals surface area contributed by atoms with E-state index >= 15 is 0 Å². The van der Waals surface area contributed by atoms with Gasteiger partial charge in [-0.2, -0.15) is 0 Å². The Morgan fingerprint density at radius 3 is 2.89 bits per heavy atom. The van der Waals surface area contributed by atoms with Gasteiger partial charge in [-0.1, -0.05) is 19.6 Å². The summed E-state index contributed by atoms with van der Waals surface area (Å²) in [6.07, 6.45) is 3.45. The molecule has 2 saturated heterocycles. The number of ether oxygens (including phenoxy) is 1. The third kappa shape index (κ3) is 4.07. The lowest BCUT2D eigenvalue weighted by molar-refractivity contribution is -0.150. The quantitative estimate of drug-likeness (QED) is 0.625. The fourth-order valence-electron chi connectivity index (χ4n) is 2.69. The van der Waals surface area contributed by atoms with E-state index in [0.29, 0.717) is 12.5 Å². The predicted molar refractivity (Wildman–Crippen MR) is 74.9 cm³/mol. The van der Waals surface area contributed by atoms with Crippen molar-refractivity contribution in [2.75, 3.05) is 19.7 Å². The van der Waals surface area contributed by atoms with Gasteiger partial charge in [-0.05, 0) is 31.2 Å². The van der Waals surface area contributed by atoms with Crippen LogP contribution in [0.2, 0.25) is 25.7 Å². The van der Waals surface area contributed by atoms with Gasteiger partial charge in [0.2, 0.25) is 0 Å². The van der Waals surface area contributed by atoms with Crippen molar-refractivity contribution in [3.8, 4) is 0 Å². The van der Waals surface area contributed by atoms with Gasteiger partial charge in [-0.3, -0.25) is 4.79 Å². The molecule has 0 aromatic carbocycles.